The van der Waals surface area contributed by atoms with Gasteiger partial charge in [0.15, 0.2) is 0 Å². The summed E-state index contributed by atoms with van der Waals surface area (Å²) in [7, 11) is 0. The van der Waals surface area contributed by atoms with Crippen molar-refractivity contribution in [3.05, 3.63) is 56.5 Å². The second-order valence-corrected chi connectivity index (χ2v) is 5.70. The zero-order chi connectivity index (χ0) is 14.2. The Balaban J connectivity index is 2.43. The van der Waals surface area contributed by atoms with Gasteiger partial charge in [0.1, 0.15) is 0 Å². The Morgan fingerprint density at radius 2 is 1.32 bits per heavy atom. The predicted octanol–water partition coefficient (Wildman–Crippen LogP) is 5.14. The minimum atomic E-state index is -0.436. The number of rotatable bonds is 2. The molecule has 2 aromatic rings. The maximum atomic E-state index is 6.39. The summed E-state index contributed by atoms with van der Waals surface area (Å²) in [5.74, 6) is 0. The lowest BCUT2D eigenvalue weighted by Crippen LogP contribution is -1.97. The van der Waals surface area contributed by atoms with E-state index in [0.717, 1.165) is 11.1 Å². The van der Waals surface area contributed by atoms with E-state index in [2.05, 4.69) is 0 Å². The van der Waals surface area contributed by atoms with Crippen molar-refractivity contribution in [1.29, 1.82) is 0 Å². The molecule has 6 heteroatoms. The van der Waals surface area contributed by atoms with E-state index in [9.17, 15) is 0 Å². The highest BCUT2D eigenvalue weighted by Crippen LogP contribution is 2.37. The van der Waals surface area contributed by atoms with Crippen molar-refractivity contribution in [2.45, 2.75) is 5.38 Å². The van der Waals surface area contributed by atoms with Gasteiger partial charge in [0.2, 0.25) is 0 Å². The maximum Gasteiger partial charge on any atom is 0.0837 e. The second-order valence-electron chi connectivity index (χ2n) is 4.04. The molecule has 0 bridgehead atoms. The summed E-state index contributed by atoms with van der Waals surface area (Å²) in [5, 5.41) is 0.758. The smallest absolute Gasteiger partial charge is 0.0837 e. The number of nitrogen functional groups attached to an aromatic ring is 2. The standard InChI is InChI=1S/C13H10Cl4N2/c14-8-3-6(1-2-11(8)18)12(17)7-4-9(15)13(19)10(16)5-7/h1-5,12H,18-19H2. The molecule has 0 amide bonds. The fraction of sp³-hybridized carbons (Fsp3) is 0.0769. The fourth-order valence-electron chi connectivity index (χ4n) is 1.64. The van der Waals surface area contributed by atoms with Gasteiger partial charge in [-0.1, -0.05) is 40.9 Å². The molecule has 0 saturated carbocycles. The van der Waals surface area contributed by atoms with E-state index < -0.39 is 5.38 Å². The molecule has 0 radical (unpaired) electrons. The molecule has 0 spiro atoms. The molecule has 19 heavy (non-hydrogen) atoms. The van der Waals surface area contributed by atoms with Crippen LogP contribution in [0, 0.1) is 0 Å². The molecule has 100 valence electrons. The van der Waals surface area contributed by atoms with Gasteiger partial charge >= 0.3 is 0 Å². The Morgan fingerprint density at radius 3 is 1.84 bits per heavy atom. The van der Waals surface area contributed by atoms with Crippen LogP contribution in [0.4, 0.5) is 11.4 Å². The summed E-state index contributed by atoms with van der Waals surface area (Å²) in [6.45, 7) is 0. The molecule has 1 atom stereocenters. The number of anilines is 2. The third-order valence-electron chi connectivity index (χ3n) is 2.71. The molecule has 2 rings (SSSR count). The van der Waals surface area contributed by atoms with E-state index in [-0.39, 0.29) is 0 Å². The van der Waals surface area contributed by atoms with Crippen LogP contribution in [-0.2, 0) is 0 Å². The molecule has 2 nitrogen and oxygen atoms in total. The average molecular weight is 336 g/mol. The van der Waals surface area contributed by atoms with E-state index in [0.29, 0.717) is 26.4 Å². The largest absolute Gasteiger partial charge is 0.398 e. The van der Waals surface area contributed by atoms with E-state index in [1.54, 1.807) is 30.3 Å². The molecule has 1 unspecified atom stereocenters. The lowest BCUT2D eigenvalue weighted by molar-refractivity contribution is 1.14. The van der Waals surface area contributed by atoms with Crippen LogP contribution >= 0.6 is 46.4 Å². The maximum absolute atomic E-state index is 6.39. The van der Waals surface area contributed by atoms with Crippen LogP contribution in [0.15, 0.2) is 30.3 Å². The highest BCUT2D eigenvalue weighted by Gasteiger charge is 2.15. The van der Waals surface area contributed by atoms with Crippen LogP contribution in [-0.4, -0.2) is 0 Å². The van der Waals surface area contributed by atoms with Crippen LogP contribution in [0.1, 0.15) is 16.5 Å². The van der Waals surface area contributed by atoms with Crippen molar-refractivity contribution in [2.24, 2.45) is 0 Å². The Hall–Kier alpha value is -0.800. The summed E-state index contributed by atoms with van der Waals surface area (Å²) < 4.78 is 0. The van der Waals surface area contributed by atoms with Gasteiger partial charge in [0.25, 0.3) is 0 Å². The van der Waals surface area contributed by atoms with Crippen molar-refractivity contribution >= 4 is 57.8 Å². The van der Waals surface area contributed by atoms with E-state index >= 15 is 0 Å². The normalized spacial score (nSPS) is 12.4. The molecule has 0 aliphatic heterocycles. The van der Waals surface area contributed by atoms with Crippen LogP contribution in [0.2, 0.25) is 15.1 Å². The predicted molar refractivity (Wildman–Crippen MR) is 84.4 cm³/mol. The van der Waals surface area contributed by atoms with Gasteiger partial charge < -0.3 is 11.5 Å². The summed E-state index contributed by atoms with van der Waals surface area (Å²) in [6, 6.07) is 8.59. The Labute approximate surface area is 131 Å². The quantitative estimate of drug-likeness (QED) is 0.589. The third-order valence-corrected chi connectivity index (χ3v) is 4.17. The molecular formula is C13H10Cl4N2. The highest BCUT2D eigenvalue weighted by atomic mass is 35.5. The summed E-state index contributed by atoms with van der Waals surface area (Å²) in [6.07, 6.45) is 0. The average Bonchev–Trinajstić information content (AvgIpc) is 2.37. The van der Waals surface area contributed by atoms with Crippen LogP contribution in [0.3, 0.4) is 0 Å². The molecule has 0 aromatic heterocycles. The van der Waals surface area contributed by atoms with Gasteiger partial charge in [-0.05, 0) is 35.4 Å². The Bertz CT molecular complexity index is 605. The fourth-order valence-corrected chi connectivity index (χ4v) is 2.60. The van der Waals surface area contributed by atoms with Crippen molar-refractivity contribution in [2.75, 3.05) is 11.5 Å². The third kappa shape index (κ3) is 3.03. The van der Waals surface area contributed by atoms with Gasteiger partial charge in [0, 0.05) is 0 Å². The van der Waals surface area contributed by atoms with Crippen LogP contribution < -0.4 is 11.5 Å². The van der Waals surface area contributed by atoms with E-state index in [1.165, 1.54) is 0 Å². The SMILES string of the molecule is Nc1ccc(C(Cl)c2cc(Cl)c(N)c(Cl)c2)cc1Cl. The zero-order valence-corrected chi connectivity index (χ0v) is 12.7. The lowest BCUT2D eigenvalue weighted by Gasteiger charge is -2.13. The molecule has 0 aliphatic rings. The first-order valence-electron chi connectivity index (χ1n) is 5.33. The van der Waals surface area contributed by atoms with E-state index in [1.807, 2.05) is 0 Å². The van der Waals surface area contributed by atoms with Crippen molar-refractivity contribution in [1.82, 2.24) is 0 Å². The van der Waals surface area contributed by atoms with Gasteiger partial charge in [0.05, 0.1) is 31.8 Å². The zero-order valence-electron chi connectivity index (χ0n) is 9.63. The molecule has 2 aromatic carbocycles. The first-order chi connectivity index (χ1) is 8.90. The van der Waals surface area contributed by atoms with Gasteiger partial charge in [-0.25, -0.2) is 0 Å². The molecule has 0 fully saturated rings. The topological polar surface area (TPSA) is 52.0 Å². The summed E-state index contributed by atoms with van der Waals surface area (Å²) in [5.41, 5.74) is 13.7. The van der Waals surface area contributed by atoms with Gasteiger partial charge in [-0.3, -0.25) is 0 Å². The van der Waals surface area contributed by atoms with Crippen LogP contribution in [0.25, 0.3) is 0 Å². The van der Waals surface area contributed by atoms with Crippen molar-refractivity contribution < 1.29 is 0 Å². The number of hydrogen-bond donors (Lipinski definition) is 2. The van der Waals surface area contributed by atoms with Crippen molar-refractivity contribution in [3.8, 4) is 0 Å². The summed E-state index contributed by atoms with van der Waals surface area (Å²) >= 11 is 24.4. The minimum absolute atomic E-state index is 0.339. The number of halogens is 4. The van der Waals surface area contributed by atoms with Gasteiger partial charge in [-0.15, -0.1) is 11.6 Å². The molecule has 4 N–H and O–H groups in total. The molecular weight excluding hydrogens is 326 g/mol. The number of nitrogens with two attached hydrogens (primary N) is 2. The Kier molecular flexibility index (Phi) is 4.36. The Morgan fingerprint density at radius 1 is 0.789 bits per heavy atom. The highest BCUT2D eigenvalue weighted by molar-refractivity contribution is 6.39. The second kappa shape index (κ2) is 5.68. The first kappa shape index (κ1) is 14.6. The lowest BCUT2D eigenvalue weighted by atomic mass is 10.0. The first-order valence-corrected chi connectivity index (χ1v) is 6.90. The molecule has 0 saturated heterocycles. The van der Waals surface area contributed by atoms with Crippen LogP contribution in [0.5, 0.6) is 0 Å². The number of hydrogen-bond acceptors (Lipinski definition) is 2. The summed E-state index contributed by atoms with van der Waals surface area (Å²) in [4.78, 5) is 0. The molecule has 0 aliphatic carbocycles. The molecule has 0 heterocycles. The number of benzene rings is 2. The van der Waals surface area contributed by atoms with Gasteiger partial charge in [-0.2, -0.15) is 0 Å². The minimum Gasteiger partial charge on any atom is -0.398 e. The van der Waals surface area contributed by atoms with Crippen molar-refractivity contribution in [3.63, 3.8) is 0 Å². The number of alkyl halides is 1. The van der Waals surface area contributed by atoms with E-state index in [4.69, 9.17) is 57.9 Å². The monoisotopic (exact) mass is 334 g/mol.